The molecule has 128 valence electrons. The highest BCUT2D eigenvalue weighted by Gasteiger charge is 2.33. The second-order valence-corrected chi connectivity index (χ2v) is 9.00. The predicted octanol–water partition coefficient (Wildman–Crippen LogP) is 5.22. The molecule has 0 spiro atoms. The van der Waals surface area contributed by atoms with Crippen molar-refractivity contribution >= 4 is 40.3 Å². The van der Waals surface area contributed by atoms with Gasteiger partial charge in [-0.25, -0.2) is 0 Å². The Labute approximate surface area is 160 Å². The second kappa shape index (κ2) is 7.77. The number of thioether (sulfide) groups is 1. The van der Waals surface area contributed by atoms with Crippen molar-refractivity contribution in [3.8, 4) is 0 Å². The van der Waals surface area contributed by atoms with Gasteiger partial charge < -0.3 is 4.90 Å². The molecule has 0 aliphatic carbocycles. The largest absolute Gasteiger partial charge is 0.330 e. The fraction of sp³-hybridized carbons (Fsp3) is 0.250. The summed E-state index contributed by atoms with van der Waals surface area (Å²) in [5.74, 6) is 1.67. The summed E-state index contributed by atoms with van der Waals surface area (Å²) in [7, 11) is 0. The Kier molecular flexibility index (Phi) is 5.25. The highest BCUT2D eigenvalue weighted by molar-refractivity contribution is 7.99. The van der Waals surface area contributed by atoms with Gasteiger partial charge >= 0.3 is 0 Å². The molecule has 1 aromatic carbocycles. The van der Waals surface area contributed by atoms with Crippen LogP contribution in [0.5, 0.6) is 0 Å². The van der Waals surface area contributed by atoms with Crippen molar-refractivity contribution < 1.29 is 4.79 Å². The third kappa shape index (κ3) is 3.68. The molecule has 0 fully saturated rings. The number of nitrogens with zero attached hydrogens (tertiary/aromatic N) is 1. The lowest BCUT2D eigenvalue weighted by molar-refractivity contribution is -0.130. The van der Waals surface area contributed by atoms with E-state index < -0.39 is 0 Å². The van der Waals surface area contributed by atoms with Gasteiger partial charge in [-0.2, -0.15) is 0 Å². The van der Waals surface area contributed by atoms with Crippen molar-refractivity contribution in [2.45, 2.75) is 18.2 Å². The standard InChI is InChI=1S/C20H19NOS3/c22-19(14-23-13-15-5-2-1-3-6-15)21-10-8-17-16(9-12-25-17)20(21)18-7-4-11-24-18/h1-7,9,11-12,20H,8,10,13-14H2/t20-/m1/s1. The topological polar surface area (TPSA) is 20.3 Å². The zero-order valence-corrected chi connectivity index (χ0v) is 16.2. The third-order valence-corrected chi connectivity index (χ3v) is 7.35. The summed E-state index contributed by atoms with van der Waals surface area (Å²) in [6, 6.07) is 16.9. The Morgan fingerprint density at radius 3 is 2.76 bits per heavy atom. The number of carbonyl (C=O) groups is 1. The highest BCUT2D eigenvalue weighted by Crippen LogP contribution is 2.39. The van der Waals surface area contributed by atoms with E-state index in [4.69, 9.17) is 0 Å². The van der Waals surface area contributed by atoms with Crippen molar-refractivity contribution in [3.63, 3.8) is 0 Å². The highest BCUT2D eigenvalue weighted by atomic mass is 32.2. The van der Waals surface area contributed by atoms with Crippen LogP contribution in [0.15, 0.2) is 59.3 Å². The average Bonchev–Trinajstić information content (AvgIpc) is 3.33. The zero-order chi connectivity index (χ0) is 17.1. The lowest BCUT2D eigenvalue weighted by atomic mass is 9.98. The molecule has 2 aromatic heterocycles. The van der Waals surface area contributed by atoms with Crippen LogP contribution in [0.2, 0.25) is 0 Å². The molecule has 0 saturated heterocycles. The SMILES string of the molecule is O=C(CSCc1ccccc1)N1CCc2sccc2[C@@H]1c1cccs1. The molecule has 4 rings (SSSR count). The molecular formula is C20H19NOS3. The molecule has 1 atom stereocenters. The van der Waals surface area contributed by atoms with Crippen LogP contribution in [0, 0.1) is 0 Å². The van der Waals surface area contributed by atoms with E-state index in [0.29, 0.717) is 5.75 Å². The Hall–Kier alpha value is -1.56. The van der Waals surface area contributed by atoms with Gasteiger partial charge in [-0.05, 0) is 40.4 Å². The first-order valence-corrected chi connectivity index (χ1v) is 11.2. The summed E-state index contributed by atoms with van der Waals surface area (Å²) < 4.78 is 0. The quantitative estimate of drug-likeness (QED) is 0.600. The van der Waals surface area contributed by atoms with Crippen molar-refractivity contribution in [1.82, 2.24) is 4.90 Å². The number of benzene rings is 1. The number of amides is 1. The molecule has 0 N–H and O–H groups in total. The third-order valence-electron chi connectivity index (χ3n) is 4.44. The molecule has 3 aromatic rings. The minimum absolute atomic E-state index is 0.0971. The number of rotatable bonds is 5. The maximum Gasteiger partial charge on any atom is 0.233 e. The maximum atomic E-state index is 12.9. The Morgan fingerprint density at radius 1 is 1.08 bits per heavy atom. The van der Waals surface area contributed by atoms with Crippen LogP contribution in [0.4, 0.5) is 0 Å². The molecule has 5 heteroatoms. The van der Waals surface area contributed by atoms with Crippen LogP contribution in [0.25, 0.3) is 0 Å². The predicted molar refractivity (Wildman–Crippen MR) is 109 cm³/mol. The summed E-state index contributed by atoms with van der Waals surface area (Å²) in [6.45, 7) is 0.820. The Bertz CT molecular complexity index is 826. The van der Waals surface area contributed by atoms with Crippen LogP contribution < -0.4 is 0 Å². The van der Waals surface area contributed by atoms with Gasteiger partial charge in [0.05, 0.1) is 11.8 Å². The first-order chi connectivity index (χ1) is 12.3. The summed E-state index contributed by atoms with van der Waals surface area (Å²) in [6.07, 6.45) is 0.976. The summed E-state index contributed by atoms with van der Waals surface area (Å²) in [5.41, 5.74) is 2.59. The van der Waals surface area contributed by atoms with E-state index in [1.165, 1.54) is 20.9 Å². The molecule has 1 aliphatic heterocycles. The second-order valence-electron chi connectivity index (χ2n) is 6.03. The first kappa shape index (κ1) is 16.9. The molecule has 25 heavy (non-hydrogen) atoms. The van der Waals surface area contributed by atoms with E-state index in [2.05, 4.69) is 46.0 Å². The minimum Gasteiger partial charge on any atom is -0.330 e. The summed E-state index contributed by atoms with van der Waals surface area (Å²) >= 11 is 5.26. The Balaban J connectivity index is 1.47. The average molecular weight is 386 g/mol. The lowest BCUT2D eigenvalue weighted by Crippen LogP contribution is -2.40. The van der Waals surface area contributed by atoms with Gasteiger partial charge in [-0.3, -0.25) is 4.79 Å². The molecule has 2 nitrogen and oxygen atoms in total. The number of hydrogen-bond acceptors (Lipinski definition) is 4. The van der Waals surface area contributed by atoms with E-state index in [0.717, 1.165) is 18.7 Å². The van der Waals surface area contributed by atoms with E-state index in [1.54, 1.807) is 23.1 Å². The van der Waals surface area contributed by atoms with Gasteiger partial charge in [0.1, 0.15) is 0 Å². The maximum absolute atomic E-state index is 12.9. The molecule has 0 bridgehead atoms. The molecule has 3 heterocycles. The molecule has 0 saturated carbocycles. The number of carbonyl (C=O) groups excluding carboxylic acids is 1. The number of hydrogen-bond donors (Lipinski definition) is 0. The van der Waals surface area contributed by atoms with Gasteiger partial charge in [0, 0.05) is 22.1 Å². The van der Waals surface area contributed by atoms with Crippen molar-refractivity contribution in [1.29, 1.82) is 0 Å². The smallest absolute Gasteiger partial charge is 0.233 e. The molecule has 0 radical (unpaired) electrons. The van der Waals surface area contributed by atoms with Crippen LogP contribution in [-0.4, -0.2) is 23.1 Å². The van der Waals surface area contributed by atoms with Crippen LogP contribution in [-0.2, 0) is 17.0 Å². The fourth-order valence-corrected chi connectivity index (χ4v) is 5.88. The summed E-state index contributed by atoms with van der Waals surface area (Å²) in [4.78, 5) is 17.7. The normalized spacial score (nSPS) is 16.6. The zero-order valence-electron chi connectivity index (χ0n) is 13.8. The molecule has 0 unspecified atom stereocenters. The molecular weight excluding hydrogens is 366 g/mol. The van der Waals surface area contributed by atoms with E-state index in [9.17, 15) is 4.79 Å². The van der Waals surface area contributed by atoms with Crippen LogP contribution in [0.3, 0.4) is 0 Å². The monoisotopic (exact) mass is 385 g/mol. The van der Waals surface area contributed by atoms with Gasteiger partial charge in [0.2, 0.25) is 5.91 Å². The van der Waals surface area contributed by atoms with E-state index in [1.807, 2.05) is 29.5 Å². The van der Waals surface area contributed by atoms with Gasteiger partial charge in [0.15, 0.2) is 0 Å². The van der Waals surface area contributed by atoms with Gasteiger partial charge in [-0.15, -0.1) is 34.4 Å². The van der Waals surface area contributed by atoms with Gasteiger partial charge in [-0.1, -0.05) is 36.4 Å². The van der Waals surface area contributed by atoms with Crippen LogP contribution >= 0.6 is 34.4 Å². The van der Waals surface area contributed by atoms with E-state index in [-0.39, 0.29) is 11.9 Å². The van der Waals surface area contributed by atoms with Crippen molar-refractivity contribution in [3.05, 3.63) is 80.2 Å². The lowest BCUT2D eigenvalue weighted by Gasteiger charge is -2.35. The molecule has 1 aliphatic rings. The molecule has 1 amide bonds. The van der Waals surface area contributed by atoms with E-state index >= 15 is 0 Å². The number of thiophene rings is 2. The van der Waals surface area contributed by atoms with Crippen molar-refractivity contribution in [2.75, 3.05) is 12.3 Å². The fourth-order valence-electron chi connectivity index (χ4n) is 3.25. The summed E-state index contributed by atoms with van der Waals surface area (Å²) in [5, 5.41) is 4.26. The minimum atomic E-state index is 0.0971. The first-order valence-electron chi connectivity index (χ1n) is 8.34. The van der Waals surface area contributed by atoms with Crippen LogP contribution in [0.1, 0.15) is 26.9 Å². The number of fused-ring (bicyclic) bond motifs is 1. The van der Waals surface area contributed by atoms with Gasteiger partial charge in [0.25, 0.3) is 0 Å². The van der Waals surface area contributed by atoms with Crippen molar-refractivity contribution in [2.24, 2.45) is 0 Å². The Morgan fingerprint density at radius 2 is 1.96 bits per heavy atom.